The average molecular weight is 575 g/mol. The number of hydrogen-bond donors (Lipinski definition) is 0. The van der Waals surface area contributed by atoms with E-state index in [9.17, 15) is 0 Å². The number of nitrogens with zero attached hydrogens (tertiary/aromatic N) is 1. The molecule has 0 amide bonds. The predicted molar refractivity (Wildman–Crippen MR) is 112 cm³/mol. The summed E-state index contributed by atoms with van der Waals surface area (Å²) < 4.78 is 16.3. The summed E-state index contributed by atoms with van der Waals surface area (Å²) in [7, 11) is 7.19. The molecule has 0 atom stereocenters. The monoisotopic (exact) mass is 577 g/mol. The van der Waals surface area contributed by atoms with E-state index in [1.165, 1.54) is 51.4 Å². The third kappa shape index (κ3) is 11.1. The van der Waals surface area contributed by atoms with Crippen LogP contribution in [0.5, 0.6) is 0 Å². The first-order valence-electron chi connectivity index (χ1n) is 9.49. The molecule has 0 bridgehead atoms. The van der Waals surface area contributed by atoms with Gasteiger partial charge in [0.2, 0.25) is 0 Å². The van der Waals surface area contributed by atoms with Crippen molar-refractivity contribution in [2.45, 2.75) is 96.8 Å². The maximum absolute atomic E-state index is 7.19. The summed E-state index contributed by atoms with van der Waals surface area (Å²) in [6, 6.07) is 0. The van der Waals surface area contributed by atoms with Crippen LogP contribution in [0.25, 0.3) is 0 Å². The van der Waals surface area contributed by atoms with E-state index in [4.69, 9.17) is 25.8 Å². The van der Waals surface area contributed by atoms with Crippen LogP contribution in [0.3, 0.4) is 0 Å². The van der Waals surface area contributed by atoms with Crippen LogP contribution < -0.4 is 0 Å². The Morgan fingerprint density at radius 2 is 1.22 bits per heavy atom. The second-order valence-corrected chi connectivity index (χ2v) is 32.6. The predicted octanol–water partition coefficient (Wildman–Crippen LogP) is 7.43. The first-order valence-corrected chi connectivity index (χ1v) is 25.2. The fourth-order valence-corrected chi connectivity index (χ4v) is 49.9. The van der Waals surface area contributed by atoms with Gasteiger partial charge in [-0.05, 0) is 0 Å². The molecule has 136 valence electrons. The van der Waals surface area contributed by atoms with Gasteiger partial charge in [-0.25, -0.2) is 0 Å². The summed E-state index contributed by atoms with van der Waals surface area (Å²) in [6.45, 7) is 8.96. The van der Waals surface area contributed by atoms with E-state index in [0.29, 0.717) is 0 Å². The summed E-state index contributed by atoms with van der Waals surface area (Å²) in [5.74, 6) is 0. The molecular formula is C17H36ClNOSSn2. The van der Waals surface area contributed by atoms with E-state index >= 15 is 0 Å². The Kier molecular flexibility index (Phi) is 15.8. The van der Waals surface area contributed by atoms with Gasteiger partial charge in [0.15, 0.2) is 0 Å². The third-order valence-electron chi connectivity index (χ3n) is 4.27. The van der Waals surface area contributed by atoms with Gasteiger partial charge in [-0.15, -0.1) is 0 Å². The van der Waals surface area contributed by atoms with E-state index in [0.717, 1.165) is 17.7 Å². The van der Waals surface area contributed by atoms with Crippen LogP contribution in [0.15, 0.2) is 3.21 Å². The quantitative estimate of drug-likeness (QED) is 0.115. The van der Waals surface area contributed by atoms with Crippen molar-refractivity contribution in [3.63, 3.8) is 0 Å². The molecule has 0 aliphatic heterocycles. The Morgan fingerprint density at radius 1 is 0.826 bits per heavy atom. The number of hydrogen-bond acceptors (Lipinski definition) is 3. The Hall–Kier alpha value is 1.65. The van der Waals surface area contributed by atoms with Gasteiger partial charge in [-0.1, -0.05) is 0 Å². The first-order chi connectivity index (χ1) is 11.0. The summed E-state index contributed by atoms with van der Waals surface area (Å²) >= 11 is -1.10. The SMILES string of the molecule is CCC[CH2][Sn]([Cl])([CH2]CCC)[O][Sn]([CH2]CCC)([CH2]CCC)[N]=C=S. The minimum atomic E-state index is -3.08. The van der Waals surface area contributed by atoms with Gasteiger partial charge >= 0.3 is 164 Å². The Bertz CT molecular complexity index is 335. The second-order valence-electron chi connectivity index (χ2n) is 6.55. The van der Waals surface area contributed by atoms with Gasteiger partial charge < -0.3 is 0 Å². The number of isothiocyanates is 1. The van der Waals surface area contributed by atoms with Gasteiger partial charge in [-0.3, -0.25) is 0 Å². The van der Waals surface area contributed by atoms with Gasteiger partial charge in [0.1, 0.15) is 0 Å². The van der Waals surface area contributed by atoms with Crippen LogP contribution in [-0.4, -0.2) is 41.9 Å². The molecule has 0 aromatic carbocycles. The summed E-state index contributed by atoms with van der Waals surface area (Å²) in [4.78, 5) is 0. The Labute approximate surface area is 163 Å². The summed E-state index contributed by atoms with van der Waals surface area (Å²) in [5, 5.41) is 2.71. The van der Waals surface area contributed by atoms with Gasteiger partial charge in [0.25, 0.3) is 0 Å². The van der Waals surface area contributed by atoms with Crippen LogP contribution in [0, 0.1) is 0 Å². The molecule has 0 radical (unpaired) electrons. The fourth-order valence-electron chi connectivity index (χ4n) is 2.80. The first kappa shape index (κ1) is 24.6. The molecule has 0 saturated heterocycles. The molecule has 0 rings (SSSR count). The minimum absolute atomic E-state index is 1.14. The van der Waals surface area contributed by atoms with E-state index in [-0.39, 0.29) is 0 Å². The summed E-state index contributed by atoms with van der Waals surface area (Å²) in [5.41, 5.74) is 0. The molecule has 2 nitrogen and oxygen atoms in total. The van der Waals surface area contributed by atoms with Gasteiger partial charge in [0.05, 0.1) is 0 Å². The topological polar surface area (TPSA) is 21.6 Å². The van der Waals surface area contributed by atoms with Crippen molar-refractivity contribution < 1.29 is 1.41 Å². The van der Waals surface area contributed by atoms with Crippen molar-refractivity contribution in [1.82, 2.24) is 0 Å². The van der Waals surface area contributed by atoms with Crippen molar-refractivity contribution in [2.75, 3.05) is 0 Å². The average Bonchev–Trinajstić information content (AvgIpc) is 2.55. The molecule has 0 unspecified atom stereocenters. The molecule has 0 aliphatic rings. The number of halogens is 1. The van der Waals surface area contributed by atoms with E-state index in [1.54, 1.807) is 0 Å². The molecule has 0 saturated carbocycles. The third-order valence-corrected chi connectivity index (χ3v) is 41.5. The van der Waals surface area contributed by atoms with Crippen molar-refractivity contribution >= 4 is 63.0 Å². The molecular weight excluding hydrogens is 539 g/mol. The molecule has 0 aromatic rings. The van der Waals surface area contributed by atoms with Crippen molar-refractivity contribution in [3.05, 3.63) is 0 Å². The van der Waals surface area contributed by atoms with Crippen LogP contribution >= 0.6 is 21.1 Å². The Balaban J connectivity index is 5.30. The van der Waals surface area contributed by atoms with Gasteiger partial charge in [-0.2, -0.15) is 0 Å². The van der Waals surface area contributed by atoms with E-state index < -0.39 is 36.7 Å². The molecule has 23 heavy (non-hydrogen) atoms. The zero-order valence-electron chi connectivity index (χ0n) is 15.6. The van der Waals surface area contributed by atoms with Crippen molar-refractivity contribution in [3.8, 4) is 0 Å². The van der Waals surface area contributed by atoms with E-state index in [1.807, 2.05) is 0 Å². The second kappa shape index (κ2) is 14.8. The maximum atomic E-state index is 7.19. The van der Waals surface area contributed by atoms with E-state index in [2.05, 4.69) is 32.9 Å². The van der Waals surface area contributed by atoms with Crippen LogP contribution in [0.1, 0.15) is 79.1 Å². The zero-order valence-corrected chi connectivity index (χ0v) is 22.9. The van der Waals surface area contributed by atoms with Crippen LogP contribution in [0.4, 0.5) is 0 Å². The van der Waals surface area contributed by atoms with Crippen LogP contribution in [0.2, 0.25) is 17.7 Å². The molecule has 0 heterocycles. The number of rotatable bonds is 15. The van der Waals surface area contributed by atoms with Crippen molar-refractivity contribution in [2.24, 2.45) is 3.21 Å². The molecule has 6 heteroatoms. The summed E-state index contributed by atoms with van der Waals surface area (Å²) in [6.07, 6.45) is 9.57. The Morgan fingerprint density at radius 3 is 1.57 bits per heavy atom. The zero-order chi connectivity index (χ0) is 17.6. The van der Waals surface area contributed by atoms with Crippen LogP contribution in [-0.2, 0) is 1.41 Å². The molecule has 0 fully saturated rings. The molecule has 0 N–H and O–H groups in total. The normalized spacial score (nSPS) is 12.2. The standard InChI is InChI=1S/4C4H9.CNS.ClH.O.2Sn/c4*1-3-4-2;2-1-3;;;;/h4*1,3-4H2,2H3;;1H;;;/q;;;;-1;;;2*+1/p-1. The number of unbranched alkanes of at least 4 members (excludes halogenated alkanes) is 4. The van der Waals surface area contributed by atoms with Gasteiger partial charge in [0, 0.05) is 0 Å². The molecule has 0 spiro atoms. The van der Waals surface area contributed by atoms with Crippen molar-refractivity contribution in [1.29, 1.82) is 0 Å². The number of thiocarbonyl (C=S) groups is 1. The molecule has 0 aromatic heterocycles. The molecule has 0 aliphatic carbocycles. The fraction of sp³-hybridized carbons (Fsp3) is 0.941.